The summed E-state index contributed by atoms with van der Waals surface area (Å²) < 4.78 is 8.80. The summed E-state index contributed by atoms with van der Waals surface area (Å²) in [6, 6.07) is 52.5. The molecule has 48 heavy (non-hydrogen) atoms. The van der Waals surface area contributed by atoms with Crippen LogP contribution in [0.15, 0.2) is 156 Å². The highest BCUT2D eigenvalue weighted by atomic mass is 32.1. The number of hydrogen-bond acceptors (Lipinski definition) is 5. The van der Waals surface area contributed by atoms with Crippen LogP contribution in [0.3, 0.4) is 0 Å². The van der Waals surface area contributed by atoms with Gasteiger partial charge in [-0.2, -0.15) is 0 Å². The third-order valence-electron chi connectivity index (χ3n) is 9.11. The normalized spacial score (nSPS) is 11.8. The summed E-state index contributed by atoms with van der Waals surface area (Å²) in [5, 5.41) is 5.66. The highest BCUT2D eigenvalue weighted by molar-refractivity contribution is 7.26. The Labute approximate surface area is 279 Å². The summed E-state index contributed by atoms with van der Waals surface area (Å²) in [6.07, 6.45) is 0. The minimum Gasteiger partial charge on any atom is -0.454 e. The van der Waals surface area contributed by atoms with Crippen LogP contribution in [0.2, 0.25) is 0 Å². The summed E-state index contributed by atoms with van der Waals surface area (Å²) in [7, 11) is 0. The number of thiophene rings is 1. The molecule has 5 heteroatoms. The molecule has 0 saturated heterocycles. The van der Waals surface area contributed by atoms with Gasteiger partial charge in [-0.15, -0.1) is 11.3 Å². The zero-order valence-electron chi connectivity index (χ0n) is 25.6. The van der Waals surface area contributed by atoms with Gasteiger partial charge in [-0.3, -0.25) is 0 Å². The van der Waals surface area contributed by atoms with Crippen molar-refractivity contribution < 1.29 is 4.42 Å². The number of fused-ring (bicyclic) bond motifs is 8. The topological polar surface area (TPSA) is 51.8 Å². The summed E-state index contributed by atoms with van der Waals surface area (Å²) >= 11 is 1.81. The maximum atomic E-state index is 6.30. The maximum Gasteiger partial charge on any atom is 0.161 e. The van der Waals surface area contributed by atoms with E-state index in [1.165, 1.54) is 20.2 Å². The van der Waals surface area contributed by atoms with Crippen molar-refractivity contribution in [3.63, 3.8) is 0 Å². The molecular formula is C43H25N3OS. The SMILES string of the molecule is c1ccc(-c2nc(-c3ccc(-c4nc5c6ccccc6oc5c5ccccc45)cc3)cc(-c3cccc4c3sc3ccccc34)n2)cc1. The highest BCUT2D eigenvalue weighted by Gasteiger charge is 2.18. The molecule has 0 spiro atoms. The van der Waals surface area contributed by atoms with E-state index in [9.17, 15) is 0 Å². The molecular weight excluding hydrogens is 607 g/mol. The van der Waals surface area contributed by atoms with Crippen molar-refractivity contribution in [3.8, 4) is 45.2 Å². The number of hydrogen-bond donors (Lipinski definition) is 0. The third-order valence-corrected chi connectivity index (χ3v) is 10.3. The quantitative estimate of drug-likeness (QED) is 0.194. The average Bonchev–Trinajstić information content (AvgIpc) is 3.74. The molecule has 0 N–H and O–H groups in total. The Morgan fingerprint density at radius 1 is 0.458 bits per heavy atom. The smallest absolute Gasteiger partial charge is 0.161 e. The first kappa shape index (κ1) is 27.0. The van der Waals surface area contributed by atoms with Crippen molar-refractivity contribution in [2.45, 2.75) is 0 Å². The predicted octanol–water partition coefficient (Wildman–Crippen LogP) is 12.0. The monoisotopic (exact) mass is 631 g/mol. The molecule has 4 nitrogen and oxygen atoms in total. The summed E-state index contributed by atoms with van der Waals surface area (Å²) in [4.78, 5) is 15.5. The fourth-order valence-electron chi connectivity index (χ4n) is 6.80. The van der Waals surface area contributed by atoms with Crippen molar-refractivity contribution in [2.24, 2.45) is 0 Å². The van der Waals surface area contributed by atoms with E-state index in [1.54, 1.807) is 0 Å². The lowest BCUT2D eigenvalue weighted by Crippen LogP contribution is -1.96. The first-order chi connectivity index (χ1) is 23.8. The summed E-state index contributed by atoms with van der Waals surface area (Å²) in [5.41, 5.74) is 9.41. The number of furan rings is 1. The van der Waals surface area contributed by atoms with Crippen LogP contribution in [-0.2, 0) is 0 Å². The van der Waals surface area contributed by atoms with E-state index in [2.05, 4.69) is 115 Å². The Bertz CT molecular complexity index is 2830. The molecule has 10 rings (SSSR count). The van der Waals surface area contributed by atoms with E-state index in [-0.39, 0.29) is 0 Å². The molecule has 0 unspecified atom stereocenters. The van der Waals surface area contributed by atoms with Crippen LogP contribution in [-0.4, -0.2) is 15.0 Å². The van der Waals surface area contributed by atoms with Gasteiger partial charge in [0.15, 0.2) is 11.4 Å². The largest absolute Gasteiger partial charge is 0.454 e. The number of benzene rings is 6. The van der Waals surface area contributed by atoms with Crippen LogP contribution in [0, 0.1) is 0 Å². The zero-order chi connectivity index (χ0) is 31.6. The van der Waals surface area contributed by atoms with E-state index in [4.69, 9.17) is 19.4 Å². The van der Waals surface area contributed by atoms with E-state index >= 15 is 0 Å². The van der Waals surface area contributed by atoms with E-state index in [1.807, 2.05) is 47.7 Å². The van der Waals surface area contributed by atoms with Crippen molar-refractivity contribution in [3.05, 3.63) is 152 Å². The predicted molar refractivity (Wildman–Crippen MR) is 199 cm³/mol. The van der Waals surface area contributed by atoms with Crippen molar-refractivity contribution >= 4 is 64.4 Å². The van der Waals surface area contributed by atoms with Gasteiger partial charge in [-0.25, -0.2) is 15.0 Å². The average molecular weight is 632 g/mol. The zero-order valence-corrected chi connectivity index (χ0v) is 26.4. The second-order valence-corrected chi connectivity index (χ2v) is 13.0. The lowest BCUT2D eigenvalue weighted by molar-refractivity contribution is 0.672. The van der Waals surface area contributed by atoms with Gasteiger partial charge in [0.1, 0.15) is 11.1 Å². The summed E-state index contributed by atoms with van der Waals surface area (Å²) in [5.74, 6) is 0.704. The molecule has 224 valence electrons. The number of para-hydroxylation sites is 1. The summed E-state index contributed by atoms with van der Waals surface area (Å²) in [6.45, 7) is 0. The molecule has 4 aromatic heterocycles. The molecule has 10 aromatic rings. The maximum absolute atomic E-state index is 6.30. The van der Waals surface area contributed by atoms with Gasteiger partial charge in [0.2, 0.25) is 0 Å². The molecule has 4 heterocycles. The first-order valence-corrected chi connectivity index (χ1v) is 16.8. The van der Waals surface area contributed by atoms with Crippen molar-refractivity contribution in [2.75, 3.05) is 0 Å². The van der Waals surface area contributed by atoms with Crippen LogP contribution in [0.1, 0.15) is 0 Å². The van der Waals surface area contributed by atoms with Gasteiger partial charge in [0, 0.05) is 58.6 Å². The standard InChI is InChI=1S/C43H25N3OS/c1-2-11-28(12-3-1)43-44-35(25-36(45-43)33-18-10-17-32-29-13-7-9-20-38(29)48-42(32)33)26-21-23-27(24-22-26)39-30-14-4-5-15-31(30)41-40(46-39)34-16-6-8-19-37(34)47-41/h1-25H. The van der Waals surface area contributed by atoms with Gasteiger partial charge in [0.25, 0.3) is 0 Å². The highest BCUT2D eigenvalue weighted by Crippen LogP contribution is 2.41. The second kappa shape index (κ2) is 10.7. The molecule has 0 radical (unpaired) electrons. The van der Waals surface area contributed by atoms with E-state index in [0.717, 1.165) is 72.2 Å². The third kappa shape index (κ3) is 4.25. The van der Waals surface area contributed by atoms with Gasteiger partial charge in [-0.1, -0.05) is 127 Å². The Morgan fingerprint density at radius 2 is 1.12 bits per heavy atom. The lowest BCUT2D eigenvalue weighted by atomic mass is 10.00. The molecule has 0 aliphatic rings. The van der Waals surface area contributed by atoms with Gasteiger partial charge < -0.3 is 4.42 Å². The second-order valence-electron chi connectivity index (χ2n) is 12.0. The Hall–Kier alpha value is -6.17. The molecule has 0 amide bonds. The van der Waals surface area contributed by atoms with E-state index in [0.29, 0.717) is 5.82 Å². The fraction of sp³-hybridized carbons (Fsp3) is 0. The minimum atomic E-state index is 0.704. The molecule has 0 atom stereocenters. The molecule has 6 aromatic carbocycles. The van der Waals surface area contributed by atoms with Crippen LogP contribution in [0.25, 0.3) is 98.2 Å². The van der Waals surface area contributed by atoms with Crippen LogP contribution in [0.5, 0.6) is 0 Å². The van der Waals surface area contributed by atoms with Crippen LogP contribution < -0.4 is 0 Å². The number of rotatable bonds is 4. The molecule has 0 aliphatic heterocycles. The fourth-order valence-corrected chi connectivity index (χ4v) is 8.03. The van der Waals surface area contributed by atoms with Crippen molar-refractivity contribution in [1.29, 1.82) is 0 Å². The number of pyridine rings is 1. The van der Waals surface area contributed by atoms with Crippen molar-refractivity contribution in [1.82, 2.24) is 15.0 Å². The lowest BCUT2D eigenvalue weighted by Gasteiger charge is -2.11. The first-order valence-electron chi connectivity index (χ1n) is 15.9. The van der Waals surface area contributed by atoms with Gasteiger partial charge in [0.05, 0.1) is 17.1 Å². The Balaban J connectivity index is 1.14. The Morgan fingerprint density at radius 3 is 1.98 bits per heavy atom. The molecule has 0 saturated carbocycles. The van der Waals surface area contributed by atoms with Crippen LogP contribution in [0.4, 0.5) is 0 Å². The van der Waals surface area contributed by atoms with E-state index < -0.39 is 0 Å². The molecule has 0 aliphatic carbocycles. The van der Waals surface area contributed by atoms with Gasteiger partial charge >= 0.3 is 0 Å². The number of nitrogens with zero attached hydrogens (tertiary/aromatic N) is 3. The minimum absolute atomic E-state index is 0.704. The van der Waals surface area contributed by atoms with Gasteiger partial charge in [-0.05, 0) is 24.3 Å². The molecule has 0 bridgehead atoms. The molecule has 0 fully saturated rings. The van der Waals surface area contributed by atoms with Crippen LogP contribution >= 0.6 is 11.3 Å². The number of aromatic nitrogens is 3. The Kier molecular flexibility index (Phi) is 6.01.